The molecule has 0 heterocycles. The van der Waals surface area contributed by atoms with Gasteiger partial charge >= 0.3 is 0 Å². The summed E-state index contributed by atoms with van der Waals surface area (Å²) in [5, 5.41) is 13.3. The van der Waals surface area contributed by atoms with E-state index >= 15 is 0 Å². The van der Waals surface area contributed by atoms with Crippen molar-refractivity contribution in [1.29, 1.82) is 0 Å². The van der Waals surface area contributed by atoms with E-state index in [4.69, 9.17) is 0 Å². The van der Waals surface area contributed by atoms with Crippen molar-refractivity contribution >= 4 is 0 Å². The summed E-state index contributed by atoms with van der Waals surface area (Å²) in [6.45, 7) is 6.26. The zero-order chi connectivity index (χ0) is 9.19. The van der Waals surface area contributed by atoms with E-state index in [9.17, 15) is 5.11 Å². The Morgan fingerprint density at radius 2 is 2.17 bits per heavy atom. The Kier molecular flexibility index (Phi) is 3.13. The lowest BCUT2D eigenvalue weighted by Crippen LogP contribution is -2.44. The number of nitrogens with one attached hydrogen (secondary N) is 1. The quantitative estimate of drug-likeness (QED) is 0.662. The van der Waals surface area contributed by atoms with Crippen molar-refractivity contribution in [3.05, 3.63) is 0 Å². The molecule has 0 saturated heterocycles. The highest BCUT2D eigenvalue weighted by atomic mass is 16.3. The molecule has 0 amide bonds. The van der Waals surface area contributed by atoms with Crippen LogP contribution in [-0.4, -0.2) is 22.8 Å². The van der Waals surface area contributed by atoms with Crippen LogP contribution >= 0.6 is 0 Å². The average molecular weight is 171 g/mol. The van der Waals surface area contributed by atoms with Gasteiger partial charge in [-0.3, -0.25) is 0 Å². The molecule has 0 aliphatic heterocycles. The number of aliphatic hydroxyl groups is 1. The third-order valence-corrected chi connectivity index (χ3v) is 2.52. The smallest absolute Gasteiger partial charge is 0.0634 e. The number of hydrogen-bond acceptors (Lipinski definition) is 2. The molecule has 0 aromatic rings. The van der Waals surface area contributed by atoms with Gasteiger partial charge in [-0.25, -0.2) is 0 Å². The van der Waals surface area contributed by atoms with Crippen LogP contribution in [0.2, 0.25) is 0 Å². The fourth-order valence-electron chi connectivity index (χ4n) is 2.08. The van der Waals surface area contributed by atoms with E-state index in [-0.39, 0.29) is 0 Å². The summed E-state index contributed by atoms with van der Waals surface area (Å²) in [5.74, 6) is 0. The van der Waals surface area contributed by atoms with Crippen LogP contribution in [0.25, 0.3) is 0 Å². The SMILES string of the molecule is CC(C)NC1CCCC(C)(O)C1. The molecule has 0 bridgehead atoms. The highest BCUT2D eigenvalue weighted by Gasteiger charge is 2.29. The topological polar surface area (TPSA) is 32.3 Å². The molecule has 2 heteroatoms. The molecule has 12 heavy (non-hydrogen) atoms. The van der Waals surface area contributed by atoms with Crippen molar-refractivity contribution in [2.24, 2.45) is 0 Å². The van der Waals surface area contributed by atoms with E-state index in [0.717, 1.165) is 19.3 Å². The molecule has 1 aliphatic carbocycles. The first-order valence-electron chi connectivity index (χ1n) is 4.98. The summed E-state index contributed by atoms with van der Waals surface area (Å²) < 4.78 is 0. The van der Waals surface area contributed by atoms with Gasteiger partial charge in [0.2, 0.25) is 0 Å². The van der Waals surface area contributed by atoms with Crippen molar-refractivity contribution < 1.29 is 5.11 Å². The lowest BCUT2D eigenvalue weighted by atomic mass is 9.83. The molecule has 1 fully saturated rings. The van der Waals surface area contributed by atoms with Gasteiger partial charge in [0.15, 0.2) is 0 Å². The molecule has 0 aromatic heterocycles. The van der Waals surface area contributed by atoms with Crippen LogP contribution < -0.4 is 5.32 Å². The molecule has 72 valence electrons. The molecule has 2 unspecified atom stereocenters. The van der Waals surface area contributed by atoms with Crippen molar-refractivity contribution in [2.75, 3.05) is 0 Å². The molecule has 0 radical (unpaired) electrons. The predicted molar refractivity (Wildman–Crippen MR) is 51.2 cm³/mol. The minimum absolute atomic E-state index is 0.426. The lowest BCUT2D eigenvalue weighted by Gasteiger charge is -2.35. The minimum atomic E-state index is -0.426. The standard InChI is InChI=1S/C10H21NO/c1-8(2)11-9-5-4-6-10(3,12)7-9/h8-9,11-12H,4-7H2,1-3H3. The lowest BCUT2D eigenvalue weighted by molar-refractivity contribution is 0.00903. The van der Waals surface area contributed by atoms with E-state index < -0.39 is 5.60 Å². The van der Waals surface area contributed by atoms with Gasteiger partial charge in [-0.2, -0.15) is 0 Å². The van der Waals surface area contributed by atoms with Gasteiger partial charge in [0.1, 0.15) is 0 Å². The molecule has 2 atom stereocenters. The maximum Gasteiger partial charge on any atom is 0.0634 e. The second kappa shape index (κ2) is 3.75. The molecule has 1 aliphatic rings. The number of rotatable bonds is 2. The molecular weight excluding hydrogens is 150 g/mol. The fourth-order valence-corrected chi connectivity index (χ4v) is 2.08. The van der Waals surface area contributed by atoms with Gasteiger partial charge in [0.25, 0.3) is 0 Å². The molecule has 0 aromatic carbocycles. The summed E-state index contributed by atoms with van der Waals surface area (Å²) in [7, 11) is 0. The fraction of sp³-hybridized carbons (Fsp3) is 1.00. The van der Waals surface area contributed by atoms with Crippen LogP contribution in [0, 0.1) is 0 Å². The van der Waals surface area contributed by atoms with Crippen molar-refractivity contribution in [3.8, 4) is 0 Å². The summed E-state index contributed by atoms with van der Waals surface area (Å²) in [5.41, 5.74) is -0.426. The first-order chi connectivity index (χ1) is 5.49. The van der Waals surface area contributed by atoms with Crippen molar-refractivity contribution in [1.82, 2.24) is 5.32 Å². The van der Waals surface area contributed by atoms with Gasteiger partial charge in [-0.05, 0) is 32.6 Å². The monoisotopic (exact) mass is 171 g/mol. The van der Waals surface area contributed by atoms with Crippen molar-refractivity contribution in [3.63, 3.8) is 0 Å². The zero-order valence-electron chi connectivity index (χ0n) is 8.43. The molecule has 2 nitrogen and oxygen atoms in total. The third-order valence-electron chi connectivity index (χ3n) is 2.52. The Bertz CT molecular complexity index is 143. The highest BCUT2D eigenvalue weighted by Crippen LogP contribution is 2.27. The Morgan fingerprint density at radius 1 is 1.50 bits per heavy atom. The Labute approximate surface area is 75.4 Å². The van der Waals surface area contributed by atoms with Crippen LogP contribution in [0.1, 0.15) is 46.5 Å². The van der Waals surface area contributed by atoms with E-state index in [1.165, 1.54) is 6.42 Å². The summed E-state index contributed by atoms with van der Waals surface area (Å²) in [4.78, 5) is 0. The molecule has 1 rings (SSSR count). The van der Waals surface area contributed by atoms with Crippen molar-refractivity contribution in [2.45, 2.75) is 64.1 Å². The summed E-state index contributed by atoms with van der Waals surface area (Å²) in [6, 6.07) is 1.05. The highest BCUT2D eigenvalue weighted by molar-refractivity contribution is 4.86. The molecular formula is C10H21NO. The normalized spacial score (nSPS) is 37.2. The average Bonchev–Trinajstić information content (AvgIpc) is 1.82. The van der Waals surface area contributed by atoms with Crippen LogP contribution in [0.5, 0.6) is 0 Å². The second-order valence-corrected chi connectivity index (χ2v) is 4.61. The Balaban J connectivity index is 2.36. The first kappa shape index (κ1) is 10.0. The predicted octanol–water partition coefficient (Wildman–Crippen LogP) is 1.68. The first-order valence-corrected chi connectivity index (χ1v) is 4.98. The van der Waals surface area contributed by atoms with Gasteiger partial charge in [-0.15, -0.1) is 0 Å². The van der Waals surface area contributed by atoms with E-state index in [1.54, 1.807) is 0 Å². The molecule has 0 spiro atoms. The number of hydrogen-bond donors (Lipinski definition) is 2. The van der Waals surface area contributed by atoms with Crippen LogP contribution in [0.3, 0.4) is 0 Å². The van der Waals surface area contributed by atoms with Gasteiger partial charge < -0.3 is 10.4 Å². The van der Waals surface area contributed by atoms with E-state index in [0.29, 0.717) is 12.1 Å². The molecule has 2 N–H and O–H groups in total. The van der Waals surface area contributed by atoms with Crippen LogP contribution in [0.4, 0.5) is 0 Å². The molecule has 1 saturated carbocycles. The van der Waals surface area contributed by atoms with E-state index in [1.807, 2.05) is 6.92 Å². The van der Waals surface area contributed by atoms with Gasteiger partial charge in [-0.1, -0.05) is 13.8 Å². The summed E-state index contributed by atoms with van der Waals surface area (Å²) in [6.07, 6.45) is 4.24. The Morgan fingerprint density at radius 3 is 2.67 bits per heavy atom. The third kappa shape index (κ3) is 3.11. The second-order valence-electron chi connectivity index (χ2n) is 4.61. The minimum Gasteiger partial charge on any atom is -0.390 e. The summed E-state index contributed by atoms with van der Waals surface area (Å²) >= 11 is 0. The Hall–Kier alpha value is -0.0800. The maximum absolute atomic E-state index is 9.82. The zero-order valence-corrected chi connectivity index (χ0v) is 8.43. The van der Waals surface area contributed by atoms with Crippen LogP contribution in [0.15, 0.2) is 0 Å². The van der Waals surface area contributed by atoms with Crippen LogP contribution in [-0.2, 0) is 0 Å². The van der Waals surface area contributed by atoms with E-state index in [2.05, 4.69) is 19.2 Å². The van der Waals surface area contributed by atoms with Gasteiger partial charge in [0.05, 0.1) is 5.60 Å². The largest absolute Gasteiger partial charge is 0.390 e. The van der Waals surface area contributed by atoms with Gasteiger partial charge in [0, 0.05) is 12.1 Å². The maximum atomic E-state index is 9.82.